The van der Waals surface area contributed by atoms with Gasteiger partial charge in [-0.1, -0.05) is 30.3 Å². The molecule has 0 saturated carbocycles. The van der Waals surface area contributed by atoms with Crippen LogP contribution in [0.4, 0.5) is 0 Å². The van der Waals surface area contributed by atoms with Crippen molar-refractivity contribution in [3.63, 3.8) is 0 Å². The van der Waals surface area contributed by atoms with Crippen molar-refractivity contribution in [2.75, 3.05) is 13.1 Å². The minimum absolute atomic E-state index is 0.0887. The number of rotatable bonds is 3. The van der Waals surface area contributed by atoms with Crippen molar-refractivity contribution in [1.29, 1.82) is 0 Å². The fourth-order valence-corrected chi connectivity index (χ4v) is 3.73. The second-order valence-electron chi connectivity index (χ2n) is 7.05. The molecule has 0 bridgehead atoms. The summed E-state index contributed by atoms with van der Waals surface area (Å²) < 4.78 is 0. The topological polar surface area (TPSA) is 79.0 Å². The van der Waals surface area contributed by atoms with Crippen molar-refractivity contribution in [3.05, 3.63) is 82.5 Å². The summed E-state index contributed by atoms with van der Waals surface area (Å²) in [6.45, 7) is 1.30. The van der Waals surface area contributed by atoms with E-state index in [0.717, 1.165) is 19.3 Å². The lowest BCUT2D eigenvalue weighted by Gasteiger charge is -2.20. The molecule has 3 heterocycles. The van der Waals surface area contributed by atoms with Crippen molar-refractivity contribution >= 4 is 5.91 Å². The molecule has 4 rings (SSSR count). The zero-order valence-electron chi connectivity index (χ0n) is 15.5. The van der Waals surface area contributed by atoms with Gasteiger partial charge in [-0.25, -0.2) is 4.98 Å². The van der Waals surface area contributed by atoms with Gasteiger partial charge < -0.3 is 9.88 Å². The summed E-state index contributed by atoms with van der Waals surface area (Å²) in [4.78, 5) is 38.2. The minimum Gasteiger partial charge on any atom is -0.338 e. The maximum atomic E-state index is 12.9. The fraction of sp³-hybridized carbons (Fsp3) is 0.273. The Balaban J connectivity index is 1.49. The molecule has 0 aliphatic carbocycles. The smallest absolute Gasteiger partial charge is 0.264 e. The van der Waals surface area contributed by atoms with Gasteiger partial charge in [-0.05, 0) is 42.9 Å². The predicted molar refractivity (Wildman–Crippen MR) is 107 cm³/mol. The number of nitrogens with zero attached hydrogens (tertiary/aromatic N) is 3. The van der Waals surface area contributed by atoms with E-state index in [-0.39, 0.29) is 11.5 Å². The maximum Gasteiger partial charge on any atom is 0.264 e. The number of H-pyrrole nitrogens is 1. The third-order valence-corrected chi connectivity index (χ3v) is 5.25. The average molecular weight is 374 g/mol. The molecular weight excluding hydrogens is 352 g/mol. The van der Waals surface area contributed by atoms with Gasteiger partial charge in [0.25, 0.3) is 11.5 Å². The average Bonchev–Trinajstić information content (AvgIpc) is 3.01. The van der Waals surface area contributed by atoms with Crippen LogP contribution in [0.2, 0.25) is 0 Å². The number of hydrogen-bond donors (Lipinski definition) is 1. The number of aromatic amines is 1. The van der Waals surface area contributed by atoms with Crippen molar-refractivity contribution in [2.24, 2.45) is 0 Å². The summed E-state index contributed by atoms with van der Waals surface area (Å²) >= 11 is 0. The highest BCUT2D eigenvalue weighted by atomic mass is 16.2. The molecule has 0 radical (unpaired) electrons. The molecule has 142 valence electrons. The van der Waals surface area contributed by atoms with Crippen LogP contribution >= 0.6 is 0 Å². The van der Waals surface area contributed by atoms with Crippen LogP contribution in [0.25, 0.3) is 11.4 Å². The quantitative estimate of drug-likeness (QED) is 0.763. The zero-order chi connectivity index (χ0) is 19.3. The van der Waals surface area contributed by atoms with Crippen LogP contribution in [-0.2, 0) is 0 Å². The normalized spacial score (nSPS) is 17.1. The molecule has 1 aliphatic heterocycles. The van der Waals surface area contributed by atoms with Gasteiger partial charge in [-0.2, -0.15) is 0 Å². The number of likely N-dealkylation sites (tertiary alicyclic amines) is 1. The van der Waals surface area contributed by atoms with Crippen LogP contribution < -0.4 is 5.56 Å². The minimum atomic E-state index is -0.414. The number of pyridine rings is 1. The highest BCUT2D eigenvalue weighted by Gasteiger charge is 2.24. The van der Waals surface area contributed by atoms with E-state index in [1.165, 1.54) is 11.8 Å². The molecule has 6 nitrogen and oxygen atoms in total. The summed E-state index contributed by atoms with van der Waals surface area (Å²) in [5, 5.41) is 0. The number of nitrogens with one attached hydrogen (secondary N) is 1. The Labute approximate surface area is 163 Å². The predicted octanol–water partition coefficient (Wildman–Crippen LogP) is 3.24. The Bertz CT molecular complexity index is 1000. The third kappa shape index (κ3) is 3.86. The zero-order valence-corrected chi connectivity index (χ0v) is 15.5. The first-order valence-corrected chi connectivity index (χ1v) is 9.56. The van der Waals surface area contributed by atoms with Crippen LogP contribution in [0.5, 0.6) is 0 Å². The van der Waals surface area contributed by atoms with Crippen LogP contribution in [0.1, 0.15) is 41.1 Å². The molecule has 0 spiro atoms. The first kappa shape index (κ1) is 18.1. The lowest BCUT2D eigenvalue weighted by Crippen LogP contribution is -2.35. The van der Waals surface area contributed by atoms with Gasteiger partial charge in [0.15, 0.2) is 0 Å². The second-order valence-corrected chi connectivity index (χ2v) is 7.05. The van der Waals surface area contributed by atoms with E-state index in [1.807, 2.05) is 12.1 Å². The van der Waals surface area contributed by atoms with Crippen LogP contribution in [0.3, 0.4) is 0 Å². The lowest BCUT2D eigenvalue weighted by atomic mass is 9.92. The van der Waals surface area contributed by atoms with E-state index in [9.17, 15) is 9.59 Å². The van der Waals surface area contributed by atoms with Gasteiger partial charge in [0.05, 0.1) is 0 Å². The number of benzene rings is 1. The van der Waals surface area contributed by atoms with Gasteiger partial charge >= 0.3 is 0 Å². The largest absolute Gasteiger partial charge is 0.338 e. The molecule has 1 aromatic carbocycles. The monoisotopic (exact) mass is 374 g/mol. The highest BCUT2D eigenvalue weighted by Crippen LogP contribution is 2.28. The Morgan fingerprint density at radius 2 is 1.89 bits per heavy atom. The summed E-state index contributed by atoms with van der Waals surface area (Å²) in [7, 11) is 0. The second kappa shape index (κ2) is 8.17. The van der Waals surface area contributed by atoms with Crippen molar-refractivity contribution < 1.29 is 4.79 Å². The standard InChI is InChI=1S/C22H22N4O2/c27-21-19(15-24-20(25-21)18-8-4-11-23-14-18)22(28)26-12-5-9-17(10-13-26)16-6-2-1-3-7-16/h1-4,6-8,11,14-15,17H,5,9-10,12-13H2,(H,24,25,27). The molecule has 2 aromatic heterocycles. The molecule has 6 heteroatoms. The van der Waals surface area contributed by atoms with Crippen LogP contribution in [0.15, 0.2) is 65.8 Å². The molecule has 1 unspecified atom stereocenters. The highest BCUT2D eigenvalue weighted by molar-refractivity contribution is 5.93. The van der Waals surface area contributed by atoms with Crippen LogP contribution in [-0.4, -0.2) is 38.8 Å². The van der Waals surface area contributed by atoms with Crippen molar-refractivity contribution in [3.8, 4) is 11.4 Å². The van der Waals surface area contributed by atoms with E-state index in [4.69, 9.17) is 0 Å². The SMILES string of the molecule is O=C(c1cnc(-c2cccnc2)[nH]c1=O)N1CCCC(c2ccccc2)CC1. The third-order valence-electron chi connectivity index (χ3n) is 5.25. The molecular formula is C22H22N4O2. The van der Waals surface area contributed by atoms with E-state index >= 15 is 0 Å². The van der Waals surface area contributed by atoms with E-state index in [2.05, 4.69) is 39.2 Å². The van der Waals surface area contributed by atoms with Gasteiger partial charge in [0, 0.05) is 37.2 Å². The number of hydrogen-bond acceptors (Lipinski definition) is 4. The Morgan fingerprint density at radius 1 is 1.04 bits per heavy atom. The maximum absolute atomic E-state index is 12.9. The number of carbonyl (C=O) groups excluding carboxylic acids is 1. The van der Waals surface area contributed by atoms with Gasteiger partial charge in [-0.3, -0.25) is 14.6 Å². The number of carbonyl (C=O) groups is 1. The molecule has 28 heavy (non-hydrogen) atoms. The van der Waals surface area contributed by atoms with E-state index < -0.39 is 5.56 Å². The van der Waals surface area contributed by atoms with Gasteiger partial charge in [-0.15, -0.1) is 0 Å². The number of amides is 1. The molecule has 1 amide bonds. The molecule has 1 fully saturated rings. The van der Waals surface area contributed by atoms with Crippen LogP contribution in [0, 0.1) is 0 Å². The Hall–Kier alpha value is -3.28. The molecule has 1 aliphatic rings. The molecule has 3 aromatic rings. The van der Waals surface area contributed by atoms with Gasteiger partial charge in [0.1, 0.15) is 11.4 Å². The van der Waals surface area contributed by atoms with E-state index in [1.54, 1.807) is 23.4 Å². The fourth-order valence-electron chi connectivity index (χ4n) is 3.73. The summed E-state index contributed by atoms with van der Waals surface area (Å²) in [6.07, 6.45) is 7.52. The molecule has 1 N–H and O–H groups in total. The van der Waals surface area contributed by atoms with Crippen molar-refractivity contribution in [1.82, 2.24) is 19.9 Å². The first-order chi connectivity index (χ1) is 13.7. The first-order valence-electron chi connectivity index (χ1n) is 9.56. The van der Waals surface area contributed by atoms with Gasteiger partial charge in [0.2, 0.25) is 0 Å². The van der Waals surface area contributed by atoms with Crippen molar-refractivity contribution in [2.45, 2.75) is 25.2 Å². The lowest BCUT2D eigenvalue weighted by molar-refractivity contribution is 0.0759. The Kier molecular flexibility index (Phi) is 5.28. The summed E-state index contributed by atoms with van der Waals surface area (Å²) in [6, 6.07) is 14.0. The number of aromatic nitrogens is 3. The molecule has 1 saturated heterocycles. The Morgan fingerprint density at radius 3 is 2.64 bits per heavy atom. The van der Waals surface area contributed by atoms with E-state index in [0.29, 0.717) is 30.4 Å². The molecule has 1 atom stereocenters. The summed E-state index contributed by atoms with van der Waals surface area (Å²) in [5.41, 5.74) is 1.70. The summed E-state index contributed by atoms with van der Waals surface area (Å²) in [5.74, 6) is 0.609.